The Labute approximate surface area is 99.1 Å². The zero-order valence-corrected chi connectivity index (χ0v) is 9.82. The first-order valence-corrected chi connectivity index (χ1v) is 5.70. The summed E-state index contributed by atoms with van der Waals surface area (Å²) in [7, 11) is 2.03. The normalized spacial score (nSPS) is 15.6. The van der Waals surface area contributed by atoms with Crippen molar-refractivity contribution in [2.45, 2.75) is 25.8 Å². The fourth-order valence-electron chi connectivity index (χ4n) is 2.12. The van der Waals surface area contributed by atoms with Crippen molar-refractivity contribution < 1.29 is 9.90 Å². The second kappa shape index (κ2) is 4.71. The maximum atomic E-state index is 11.7. The van der Waals surface area contributed by atoms with Gasteiger partial charge in [0.05, 0.1) is 0 Å². The third-order valence-corrected chi connectivity index (χ3v) is 3.08. The maximum Gasteiger partial charge on any atom is 0.303 e. The van der Waals surface area contributed by atoms with Crippen LogP contribution < -0.4 is 5.56 Å². The van der Waals surface area contributed by atoms with Gasteiger partial charge < -0.3 is 15.0 Å². The highest BCUT2D eigenvalue weighted by Crippen LogP contribution is 2.15. The summed E-state index contributed by atoms with van der Waals surface area (Å²) in [6.45, 7) is 1.75. The zero-order valence-electron chi connectivity index (χ0n) is 9.82. The van der Waals surface area contributed by atoms with Gasteiger partial charge in [-0.2, -0.15) is 0 Å². The number of hydrogen-bond donors (Lipinski definition) is 2. The lowest BCUT2D eigenvalue weighted by Crippen LogP contribution is -2.30. The van der Waals surface area contributed by atoms with Crippen LogP contribution in [0.1, 0.15) is 23.2 Å². The molecule has 0 bridgehead atoms. The zero-order chi connectivity index (χ0) is 12.4. The minimum Gasteiger partial charge on any atom is -0.481 e. The first-order chi connectivity index (χ1) is 8.06. The van der Waals surface area contributed by atoms with Gasteiger partial charge in [-0.25, -0.2) is 0 Å². The van der Waals surface area contributed by atoms with E-state index in [9.17, 15) is 9.59 Å². The SMILES string of the molecule is CN1CCc2[nH]c(=O)c(CCC(=O)O)cc2C1. The van der Waals surface area contributed by atoms with Gasteiger partial charge in [0.15, 0.2) is 0 Å². The van der Waals surface area contributed by atoms with Crippen LogP contribution >= 0.6 is 0 Å². The Morgan fingerprint density at radius 2 is 2.35 bits per heavy atom. The van der Waals surface area contributed by atoms with Gasteiger partial charge >= 0.3 is 5.97 Å². The molecule has 17 heavy (non-hydrogen) atoms. The molecule has 5 nitrogen and oxygen atoms in total. The summed E-state index contributed by atoms with van der Waals surface area (Å²) in [5, 5.41) is 8.63. The number of likely N-dealkylation sites (N-methyl/N-ethyl adjacent to an activating group) is 1. The number of carbonyl (C=O) groups is 1. The van der Waals surface area contributed by atoms with E-state index in [1.54, 1.807) is 0 Å². The molecule has 1 aromatic heterocycles. The Kier molecular flexibility index (Phi) is 3.28. The van der Waals surface area contributed by atoms with Gasteiger partial charge in [-0.15, -0.1) is 0 Å². The average Bonchev–Trinajstić information content (AvgIpc) is 2.26. The predicted molar refractivity (Wildman–Crippen MR) is 63.1 cm³/mol. The van der Waals surface area contributed by atoms with Crippen LogP contribution in [-0.4, -0.2) is 34.6 Å². The number of fused-ring (bicyclic) bond motifs is 1. The van der Waals surface area contributed by atoms with E-state index in [-0.39, 0.29) is 12.0 Å². The van der Waals surface area contributed by atoms with Gasteiger partial charge in [0.2, 0.25) is 0 Å². The monoisotopic (exact) mass is 236 g/mol. The number of hydrogen-bond acceptors (Lipinski definition) is 3. The molecule has 0 saturated heterocycles. The lowest BCUT2D eigenvalue weighted by atomic mass is 10.0. The lowest BCUT2D eigenvalue weighted by molar-refractivity contribution is -0.136. The number of aliphatic carboxylic acids is 1. The number of pyridine rings is 1. The van der Waals surface area contributed by atoms with Crippen LogP contribution in [0.2, 0.25) is 0 Å². The molecule has 5 heteroatoms. The standard InChI is InChI=1S/C12H16N2O3/c1-14-5-4-10-9(7-14)6-8(12(17)13-10)2-3-11(15)16/h6H,2-5,7H2,1H3,(H,13,17)(H,15,16). The molecule has 1 aliphatic rings. The van der Waals surface area contributed by atoms with Crippen molar-refractivity contribution in [1.29, 1.82) is 0 Å². The molecule has 0 fully saturated rings. The van der Waals surface area contributed by atoms with Crippen LogP contribution in [0.5, 0.6) is 0 Å². The van der Waals surface area contributed by atoms with Crippen molar-refractivity contribution in [3.8, 4) is 0 Å². The molecule has 0 aromatic carbocycles. The second-order valence-corrected chi connectivity index (χ2v) is 4.51. The van der Waals surface area contributed by atoms with E-state index in [0.717, 1.165) is 30.8 Å². The Balaban J connectivity index is 2.26. The quantitative estimate of drug-likeness (QED) is 0.795. The number of rotatable bonds is 3. The molecule has 0 unspecified atom stereocenters. The van der Waals surface area contributed by atoms with Crippen molar-refractivity contribution in [1.82, 2.24) is 9.88 Å². The molecule has 2 heterocycles. The summed E-state index contributed by atoms with van der Waals surface area (Å²) in [6.07, 6.45) is 1.14. The van der Waals surface area contributed by atoms with Crippen molar-refractivity contribution in [3.63, 3.8) is 0 Å². The summed E-state index contributed by atoms with van der Waals surface area (Å²) >= 11 is 0. The Hall–Kier alpha value is -1.62. The highest BCUT2D eigenvalue weighted by atomic mass is 16.4. The van der Waals surface area contributed by atoms with Crippen molar-refractivity contribution >= 4 is 5.97 Å². The van der Waals surface area contributed by atoms with Crippen LogP contribution in [0.15, 0.2) is 10.9 Å². The molecular formula is C12H16N2O3. The molecule has 0 radical (unpaired) electrons. The lowest BCUT2D eigenvalue weighted by Gasteiger charge is -2.24. The number of carboxylic acid groups (broad SMARTS) is 1. The second-order valence-electron chi connectivity index (χ2n) is 4.51. The molecule has 1 aromatic rings. The smallest absolute Gasteiger partial charge is 0.303 e. The summed E-state index contributed by atoms with van der Waals surface area (Å²) in [5.74, 6) is -0.876. The number of aromatic amines is 1. The summed E-state index contributed by atoms with van der Waals surface area (Å²) in [6, 6.07) is 1.85. The molecule has 92 valence electrons. The summed E-state index contributed by atoms with van der Waals surface area (Å²) < 4.78 is 0. The molecule has 1 aliphatic heterocycles. The first kappa shape index (κ1) is 11.9. The van der Waals surface area contributed by atoms with Crippen LogP contribution in [0, 0.1) is 0 Å². The number of aromatic nitrogens is 1. The van der Waals surface area contributed by atoms with E-state index < -0.39 is 5.97 Å². The van der Waals surface area contributed by atoms with E-state index in [4.69, 9.17) is 5.11 Å². The molecule has 2 N–H and O–H groups in total. The van der Waals surface area contributed by atoms with Gasteiger partial charge in [0.25, 0.3) is 5.56 Å². The summed E-state index contributed by atoms with van der Waals surface area (Å²) in [5.41, 5.74) is 2.53. The minimum absolute atomic E-state index is 0.00228. The number of carboxylic acids is 1. The van der Waals surface area contributed by atoms with Gasteiger partial charge in [-0.05, 0) is 25.1 Å². The molecule has 0 aliphatic carbocycles. The van der Waals surface area contributed by atoms with E-state index in [0.29, 0.717) is 12.0 Å². The average molecular weight is 236 g/mol. The van der Waals surface area contributed by atoms with E-state index >= 15 is 0 Å². The predicted octanol–water partition coefficient (Wildman–Crippen LogP) is 0.380. The molecule has 0 saturated carbocycles. The number of nitrogens with one attached hydrogen (secondary N) is 1. The molecule has 2 rings (SSSR count). The number of nitrogens with zero attached hydrogens (tertiary/aromatic N) is 1. The van der Waals surface area contributed by atoms with Crippen LogP contribution in [0.4, 0.5) is 0 Å². The first-order valence-electron chi connectivity index (χ1n) is 5.70. The molecule has 0 spiro atoms. The van der Waals surface area contributed by atoms with Crippen LogP contribution in [0.3, 0.4) is 0 Å². The van der Waals surface area contributed by atoms with Gasteiger partial charge in [-0.1, -0.05) is 0 Å². The van der Waals surface area contributed by atoms with E-state index in [1.165, 1.54) is 0 Å². The third-order valence-electron chi connectivity index (χ3n) is 3.08. The van der Waals surface area contributed by atoms with Gasteiger partial charge in [0.1, 0.15) is 0 Å². The minimum atomic E-state index is -0.876. The highest BCUT2D eigenvalue weighted by molar-refractivity contribution is 5.67. The Morgan fingerprint density at radius 3 is 3.06 bits per heavy atom. The van der Waals surface area contributed by atoms with Crippen molar-refractivity contribution in [2.24, 2.45) is 0 Å². The van der Waals surface area contributed by atoms with Gasteiger partial charge in [0, 0.05) is 37.2 Å². The molecule has 0 atom stereocenters. The fourth-order valence-corrected chi connectivity index (χ4v) is 2.12. The molecular weight excluding hydrogens is 220 g/mol. The number of H-pyrrole nitrogens is 1. The molecule has 0 amide bonds. The number of aryl methyl sites for hydroxylation is 1. The largest absolute Gasteiger partial charge is 0.481 e. The van der Waals surface area contributed by atoms with Crippen LogP contribution in [0.25, 0.3) is 0 Å². The van der Waals surface area contributed by atoms with Gasteiger partial charge in [-0.3, -0.25) is 9.59 Å². The van der Waals surface area contributed by atoms with E-state index in [1.807, 2.05) is 13.1 Å². The maximum absolute atomic E-state index is 11.7. The Morgan fingerprint density at radius 1 is 1.59 bits per heavy atom. The summed E-state index contributed by atoms with van der Waals surface area (Å²) in [4.78, 5) is 27.3. The highest BCUT2D eigenvalue weighted by Gasteiger charge is 2.16. The third kappa shape index (κ3) is 2.74. The van der Waals surface area contributed by atoms with Crippen molar-refractivity contribution in [2.75, 3.05) is 13.6 Å². The topological polar surface area (TPSA) is 73.4 Å². The Bertz CT molecular complexity index is 493. The fraction of sp³-hybridized carbons (Fsp3) is 0.500. The van der Waals surface area contributed by atoms with Crippen LogP contribution in [-0.2, 0) is 24.2 Å². The van der Waals surface area contributed by atoms with E-state index in [2.05, 4.69) is 9.88 Å². The van der Waals surface area contributed by atoms with Crippen molar-refractivity contribution in [3.05, 3.63) is 33.2 Å².